The van der Waals surface area contributed by atoms with E-state index in [0.717, 1.165) is 0 Å². The monoisotopic (exact) mass is 855 g/mol. The van der Waals surface area contributed by atoms with Gasteiger partial charge in [0.1, 0.15) is 0 Å². The second kappa shape index (κ2) is 15.5. The Bertz CT molecular complexity index is 2790. The van der Waals surface area contributed by atoms with Crippen LogP contribution in [0.15, 0.2) is 151 Å². The Kier molecular flexibility index (Phi) is 11.1. The van der Waals surface area contributed by atoms with E-state index in [0.29, 0.717) is 0 Å². The molecule has 7 aromatic rings. The van der Waals surface area contributed by atoms with Gasteiger partial charge in [0.2, 0.25) is 0 Å². The summed E-state index contributed by atoms with van der Waals surface area (Å²) in [7, 11) is 0. The van der Waals surface area contributed by atoms with E-state index in [2.05, 4.69) is 200 Å². The summed E-state index contributed by atoms with van der Waals surface area (Å²) in [6.07, 6.45) is 2.50. The summed E-state index contributed by atoms with van der Waals surface area (Å²) in [5, 5.41) is 5.34. The van der Waals surface area contributed by atoms with Crippen molar-refractivity contribution >= 4 is 25.7 Å². The number of allylic oxidation sites excluding steroid dienone is 1. The topological polar surface area (TPSA) is 0 Å². The van der Waals surface area contributed by atoms with Gasteiger partial charge in [0.05, 0.1) is 0 Å². The first-order valence-electron chi connectivity index (χ1n) is 19.6. The van der Waals surface area contributed by atoms with Crippen LogP contribution >= 0.6 is 0 Å². The molecule has 57 heavy (non-hydrogen) atoms. The number of halogens is 2. The van der Waals surface area contributed by atoms with Crippen LogP contribution in [0.5, 0.6) is 0 Å². The van der Waals surface area contributed by atoms with Gasteiger partial charge in [-0.15, -0.1) is 0 Å². The molecule has 2 aliphatic rings. The molecule has 0 aliphatic heterocycles. The van der Waals surface area contributed by atoms with Crippen molar-refractivity contribution in [2.24, 2.45) is 0 Å². The third-order valence-electron chi connectivity index (χ3n) is 11.8. The average Bonchev–Trinajstić information content (AvgIpc) is 3.66. The van der Waals surface area contributed by atoms with E-state index in [4.69, 9.17) is 0 Å². The quantitative estimate of drug-likeness (QED) is 0.188. The van der Waals surface area contributed by atoms with E-state index >= 15 is 0 Å². The Morgan fingerprint density at radius 1 is 0.544 bits per heavy atom. The molecule has 1 atom stereocenters. The second-order valence-electron chi connectivity index (χ2n) is 17.6. The number of hydrogen-bond donors (Lipinski definition) is 0. The second-order valence-corrected chi connectivity index (χ2v) is 18.8. The van der Waals surface area contributed by atoms with Crippen molar-refractivity contribution in [3.05, 3.63) is 206 Å². The van der Waals surface area contributed by atoms with Crippen LogP contribution in [0.4, 0.5) is 0 Å². The SMILES string of the molecule is CC1=Cc2c(-c3ccc4ccccc4c3)cccc2C1c1c(C(C)(C)C)c(=C(c2ccccc2)c2ccccc2)cc2c1=[C]([Zr+2])c1cc(C(C)(C)C)ccc1-2.[Cl-].[Cl-]. The van der Waals surface area contributed by atoms with Crippen LogP contribution in [0.1, 0.15) is 98.9 Å². The molecule has 0 amide bonds. The fraction of sp³-hybridized carbons (Fsp3) is 0.185. The molecule has 2 aliphatic carbocycles. The molecule has 0 spiro atoms. The zero-order valence-corrected chi connectivity index (χ0v) is 37.7. The zero-order valence-electron chi connectivity index (χ0n) is 33.8. The van der Waals surface area contributed by atoms with Crippen molar-refractivity contribution in [2.75, 3.05) is 0 Å². The standard InChI is InChI=1S/C54H47.2ClH.Zr/c1-34-29-45-42(39-26-25-35-17-14-15-22-38(35)30-39)23-16-24-44(45)49(34)51-47-32-40-31-41(53(2,3)4)27-28-43(40)46(47)33-48(52(51)54(5,6)7)50(36-18-10-8-11-19-36)37-20-12-9-13-21-37;;;/h8-31,33,49H,1-7H3;2*1H;/q;;;+2/p-2. The molecule has 0 bridgehead atoms. The third-order valence-corrected chi connectivity index (χ3v) is 13.1. The zero-order chi connectivity index (χ0) is 38.2. The summed E-state index contributed by atoms with van der Waals surface area (Å²) < 4.78 is 1.48. The molecule has 0 fully saturated rings. The van der Waals surface area contributed by atoms with Gasteiger partial charge in [-0.3, -0.25) is 0 Å². The van der Waals surface area contributed by atoms with E-state index in [1.54, 1.807) is 0 Å². The maximum atomic E-state index is 2.57. The molecule has 0 radical (unpaired) electrons. The van der Waals surface area contributed by atoms with E-state index in [9.17, 15) is 0 Å². The first-order valence-corrected chi connectivity index (χ1v) is 20.9. The number of benzene rings is 7. The summed E-state index contributed by atoms with van der Waals surface area (Å²) in [4.78, 5) is 0. The smallest absolute Gasteiger partial charge is 1.00 e. The molecule has 0 saturated carbocycles. The van der Waals surface area contributed by atoms with Crippen molar-refractivity contribution < 1.29 is 49.5 Å². The average molecular weight is 858 g/mol. The van der Waals surface area contributed by atoms with Gasteiger partial charge in [0.15, 0.2) is 0 Å². The van der Waals surface area contributed by atoms with Crippen molar-refractivity contribution in [2.45, 2.75) is 65.2 Å². The minimum atomic E-state index is -0.158. The maximum absolute atomic E-state index is 2.57. The Morgan fingerprint density at radius 3 is 1.81 bits per heavy atom. The van der Waals surface area contributed by atoms with Gasteiger partial charge in [-0.25, -0.2) is 0 Å². The van der Waals surface area contributed by atoms with Crippen LogP contribution in [0.2, 0.25) is 0 Å². The van der Waals surface area contributed by atoms with E-state index < -0.39 is 0 Å². The number of rotatable bonds is 4. The van der Waals surface area contributed by atoms with Gasteiger partial charge in [0.25, 0.3) is 0 Å². The van der Waals surface area contributed by atoms with Crippen LogP contribution in [-0.2, 0) is 35.5 Å². The molecule has 0 saturated heterocycles. The van der Waals surface area contributed by atoms with Crippen LogP contribution in [0.3, 0.4) is 0 Å². The molecule has 281 valence electrons. The van der Waals surface area contributed by atoms with Crippen LogP contribution in [0.25, 0.3) is 48.0 Å². The molecule has 1 unspecified atom stereocenters. The summed E-state index contributed by atoms with van der Waals surface area (Å²) in [6, 6.07) is 54.7. The van der Waals surface area contributed by atoms with E-state index in [1.807, 2.05) is 0 Å². The largest absolute Gasteiger partial charge is 1.00 e. The van der Waals surface area contributed by atoms with Gasteiger partial charge < -0.3 is 24.8 Å². The van der Waals surface area contributed by atoms with Gasteiger partial charge in [-0.05, 0) is 0 Å². The molecule has 0 heterocycles. The van der Waals surface area contributed by atoms with Crippen LogP contribution in [-0.4, -0.2) is 0 Å². The molecular weight excluding hydrogens is 811 g/mol. The Morgan fingerprint density at radius 2 is 1.18 bits per heavy atom. The van der Waals surface area contributed by atoms with E-state index in [1.165, 1.54) is 127 Å². The third kappa shape index (κ3) is 7.05. The minimum Gasteiger partial charge on any atom is -1.00 e. The van der Waals surface area contributed by atoms with Gasteiger partial charge in [0, 0.05) is 0 Å². The van der Waals surface area contributed by atoms with Gasteiger partial charge >= 0.3 is 338 Å². The molecule has 0 aromatic heterocycles. The van der Waals surface area contributed by atoms with Crippen LogP contribution < -0.4 is 35.3 Å². The molecule has 3 heteroatoms. The first kappa shape index (κ1) is 40.9. The molecular formula is C54H47Cl2Zr. The summed E-state index contributed by atoms with van der Waals surface area (Å²) in [5.74, 6) is 0.123. The molecule has 9 rings (SSSR count). The first-order chi connectivity index (χ1) is 26.4. The van der Waals surface area contributed by atoms with Crippen LogP contribution in [0, 0.1) is 0 Å². The fourth-order valence-corrected chi connectivity index (χ4v) is 10.5. The number of hydrogen-bond acceptors (Lipinski definition) is 0. The molecule has 0 N–H and O–H groups in total. The van der Waals surface area contributed by atoms with Gasteiger partial charge in [-0.1, -0.05) is 6.07 Å². The van der Waals surface area contributed by atoms with Crippen molar-refractivity contribution in [3.8, 4) is 22.3 Å². The summed E-state index contributed by atoms with van der Waals surface area (Å²) in [6.45, 7) is 16.7. The van der Waals surface area contributed by atoms with Crippen molar-refractivity contribution in [1.29, 1.82) is 0 Å². The van der Waals surface area contributed by atoms with Gasteiger partial charge in [-0.2, -0.15) is 0 Å². The number of fused-ring (bicyclic) bond motifs is 5. The predicted molar refractivity (Wildman–Crippen MR) is 230 cm³/mol. The molecule has 7 aromatic carbocycles. The normalized spacial score (nSPS) is 14.3. The Labute approximate surface area is 366 Å². The maximum Gasteiger partial charge on any atom is -1.00 e. The summed E-state index contributed by atoms with van der Waals surface area (Å²) in [5.41, 5.74) is 18.9. The van der Waals surface area contributed by atoms with Crippen molar-refractivity contribution in [3.63, 3.8) is 0 Å². The predicted octanol–water partition coefficient (Wildman–Crippen LogP) is 6.59. The van der Waals surface area contributed by atoms with E-state index in [-0.39, 0.29) is 41.6 Å². The summed E-state index contributed by atoms with van der Waals surface area (Å²) >= 11 is 1.45. The Balaban J connectivity index is 0.00000248. The molecule has 0 nitrogen and oxygen atoms in total. The Hall–Kier alpha value is -4.26. The fourth-order valence-electron chi connectivity index (χ4n) is 9.30. The minimum absolute atomic E-state index is 0. The van der Waals surface area contributed by atoms with Crippen molar-refractivity contribution in [1.82, 2.24) is 0 Å².